The van der Waals surface area contributed by atoms with E-state index in [1.165, 1.54) is 62.5 Å². The van der Waals surface area contributed by atoms with Gasteiger partial charge in [0.25, 0.3) is 0 Å². The van der Waals surface area contributed by atoms with Gasteiger partial charge in [0.15, 0.2) is 0 Å². The molecule has 0 spiro atoms. The van der Waals surface area contributed by atoms with Crippen molar-refractivity contribution < 1.29 is 28.6 Å². The number of imide groups is 1. The Balaban J connectivity index is 3.47. The average molecular weight is 669 g/mol. The first-order valence-corrected chi connectivity index (χ1v) is 22.5. The van der Waals surface area contributed by atoms with E-state index in [9.17, 15) is 14.4 Å². The summed E-state index contributed by atoms with van der Waals surface area (Å²) in [4.78, 5) is 40.2. The van der Waals surface area contributed by atoms with Crippen molar-refractivity contribution in [2.75, 3.05) is 7.11 Å². The third kappa shape index (κ3) is 12.0. The normalized spacial score (nSPS) is 12.9. The molecule has 0 aromatic heterocycles. The van der Waals surface area contributed by atoms with Gasteiger partial charge in [-0.2, -0.15) is 0 Å². The molecule has 0 fully saturated rings. The first-order valence-electron chi connectivity index (χ1n) is 15.1. The second kappa shape index (κ2) is 16.6. The molecule has 0 N–H and O–H groups in total. The molecule has 1 aromatic carbocycles. The zero-order valence-electron chi connectivity index (χ0n) is 26.9. The molecule has 0 heterocycles. The molecule has 1 atom stereocenters. The maximum absolute atomic E-state index is 13.2. The third-order valence-electron chi connectivity index (χ3n) is 6.99. The van der Waals surface area contributed by atoms with Crippen LogP contribution in [0, 0.1) is 0 Å². The van der Waals surface area contributed by atoms with Crippen LogP contribution in [-0.4, -0.2) is 65.8 Å². The van der Waals surface area contributed by atoms with Gasteiger partial charge in [-0.25, -0.2) is 0 Å². The summed E-state index contributed by atoms with van der Waals surface area (Å²) < 4.78 is 21.7. The van der Waals surface area contributed by atoms with Crippen LogP contribution in [0.15, 0.2) is 24.3 Å². The molecule has 0 saturated heterocycles. The Hall–Kier alpha value is -1.77. The van der Waals surface area contributed by atoms with Crippen LogP contribution in [0.1, 0.15) is 106 Å². The number of rotatable bonds is 14. The second-order valence-corrected chi connectivity index (χ2v) is 26.1. The number of hydrogen-bond donors (Lipinski definition) is 0. The SMILES string of the molecule is CCC[CH2][Sn]([CH2]CCC)([CH2]CCC)[c]1ccc(C[C@@H](C(=O)OC)N(C(=O)OC(C)(C)C)C(=O)OC(C)(C)C)cc1. The minimum atomic E-state index is -2.62. The van der Waals surface area contributed by atoms with E-state index in [2.05, 4.69) is 45.0 Å². The van der Waals surface area contributed by atoms with Crippen LogP contribution >= 0.6 is 0 Å². The van der Waals surface area contributed by atoms with Crippen LogP contribution in [-0.2, 0) is 25.4 Å². The number of hydrogen-bond acceptors (Lipinski definition) is 6. The van der Waals surface area contributed by atoms with Gasteiger partial charge in [-0.3, -0.25) is 0 Å². The summed E-state index contributed by atoms with van der Waals surface area (Å²) in [6.07, 6.45) is 5.67. The Labute approximate surface area is 247 Å². The number of benzene rings is 1. The van der Waals surface area contributed by atoms with Crippen molar-refractivity contribution in [3.63, 3.8) is 0 Å². The van der Waals surface area contributed by atoms with Gasteiger partial charge in [-0.1, -0.05) is 0 Å². The second-order valence-electron chi connectivity index (χ2n) is 12.9. The quantitative estimate of drug-likeness (QED) is 0.114. The number of ether oxygens (including phenoxy) is 3. The zero-order chi connectivity index (χ0) is 30.6. The van der Waals surface area contributed by atoms with E-state index in [0.717, 1.165) is 10.5 Å². The van der Waals surface area contributed by atoms with Gasteiger partial charge in [0, 0.05) is 0 Å². The van der Waals surface area contributed by atoms with Crippen molar-refractivity contribution in [2.45, 2.75) is 138 Å². The summed E-state index contributed by atoms with van der Waals surface area (Å²) in [7, 11) is 1.25. The molecular weight excluding hydrogens is 613 g/mol. The molecule has 0 unspecified atom stereocenters. The number of carbonyl (C=O) groups excluding carboxylic acids is 3. The van der Waals surface area contributed by atoms with Crippen molar-refractivity contribution in [3.05, 3.63) is 29.8 Å². The van der Waals surface area contributed by atoms with Crippen LogP contribution in [0.25, 0.3) is 0 Å². The van der Waals surface area contributed by atoms with Crippen molar-refractivity contribution in [1.29, 1.82) is 0 Å². The van der Waals surface area contributed by atoms with Crippen molar-refractivity contribution in [2.24, 2.45) is 0 Å². The van der Waals surface area contributed by atoms with E-state index in [1.807, 2.05) is 0 Å². The summed E-state index contributed by atoms with van der Waals surface area (Å²) in [6, 6.07) is 7.40. The molecule has 2 amide bonds. The first kappa shape index (κ1) is 36.3. The molecule has 0 aliphatic heterocycles. The molecule has 8 heteroatoms. The Morgan fingerprint density at radius 1 is 0.750 bits per heavy atom. The third-order valence-corrected chi connectivity index (χ3v) is 22.7. The summed E-state index contributed by atoms with van der Waals surface area (Å²) in [5, 5.41) is 0. The standard InChI is InChI=1S/C20H28NO6.3C4H9.Sn/c1-19(2,3)26-17(23)21(18(24)27-20(4,5)6)15(16(22)25-7)13-14-11-9-8-10-12-14;3*1-3-4-2;/h9-12,15H,13H2,1-7H3;3*1,3-4H2,2H3;/t15-;;;;/m0..../s1. The molecule has 1 rings (SSSR count). The first-order chi connectivity index (χ1) is 18.6. The summed E-state index contributed by atoms with van der Waals surface area (Å²) >= 11 is -2.62. The van der Waals surface area contributed by atoms with E-state index < -0.39 is 53.8 Å². The fraction of sp³-hybridized carbons (Fsp3) is 0.719. The molecule has 7 nitrogen and oxygen atoms in total. The number of carbonyl (C=O) groups is 3. The average Bonchev–Trinajstić information content (AvgIpc) is 2.86. The molecule has 0 radical (unpaired) electrons. The van der Waals surface area contributed by atoms with Crippen LogP contribution in [0.4, 0.5) is 9.59 Å². The van der Waals surface area contributed by atoms with Crippen molar-refractivity contribution >= 4 is 40.1 Å². The number of nitrogens with zero attached hydrogens (tertiary/aromatic N) is 1. The fourth-order valence-corrected chi connectivity index (χ4v) is 20.9. The molecule has 0 saturated carbocycles. The van der Waals surface area contributed by atoms with Gasteiger partial charge < -0.3 is 0 Å². The van der Waals surface area contributed by atoms with Gasteiger partial charge in [0.05, 0.1) is 0 Å². The van der Waals surface area contributed by atoms with Gasteiger partial charge in [0.1, 0.15) is 0 Å². The zero-order valence-corrected chi connectivity index (χ0v) is 29.7. The van der Waals surface area contributed by atoms with Gasteiger partial charge in [-0.15, -0.1) is 0 Å². The predicted molar refractivity (Wildman–Crippen MR) is 165 cm³/mol. The number of esters is 1. The Morgan fingerprint density at radius 3 is 1.48 bits per heavy atom. The van der Waals surface area contributed by atoms with Gasteiger partial charge >= 0.3 is 248 Å². The number of methoxy groups -OCH3 is 1. The van der Waals surface area contributed by atoms with Crippen LogP contribution in [0.2, 0.25) is 13.3 Å². The molecular formula is C32H55NO6Sn. The molecule has 0 aliphatic rings. The molecule has 0 aliphatic carbocycles. The van der Waals surface area contributed by atoms with E-state index in [1.54, 1.807) is 41.5 Å². The van der Waals surface area contributed by atoms with E-state index in [0.29, 0.717) is 0 Å². The maximum atomic E-state index is 13.2. The van der Waals surface area contributed by atoms with E-state index in [4.69, 9.17) is 14.2 Å². The Morgan fingerprint density at radius 2 is 1.15 bits per heavy atom. The minimum absolute atomic E-state index is 0.104. The Bertz CT molecular complexity index is 882. The summed E-state index contributed by atoms with van der Waals surface area (Å²) in [6.45, 7) is 17.1. The monoisotopic (exact) mass is 669 g/mol. The Kier molecular flexibility index (Phi) is 15.1. The van der Waals surface area contributed by atoms with Gasteiger partial charge in [-0.05, 0) is 0 Å². The van der Waals surface area contributed by atoms with Crippen LogP contribution in [0.5, 0.6) is 0 Å². The summed E-state index contributed by atoms with van der Waals surface area (Å²) in [5.41, 5.74) is -0.894. The topological polar surface area (TPSA) is 82.1 Å². The summed E-state index contributed by atoms with van der Waals surface area (Å²) in [5.74, 6) is -0.705. The van der Waals surface area contributed by atoms with Gasteiger partial charge in [0.2, 0.25) is 0 Å². The van der Waals surface area contributed by atoms with Crippen molar-refractivity contribution in [3.8, 4) is 0 Å². The van der Waals surface area contributed by atoms with Crippen LogP contribution in [0.3, 0.4) is 0 Å². The molecule has 228 valence electrons. The molecule has 40 heavy (non-hydrogen) atoms. The predicted octanol–water partition coefficient (Wildman–Crippen LogP) is 8.00. The van der Waals surface area contributed by atoms with Crippen LogP contribution < -0.4 is 3.58 Å². The molecule has 0 bridgehead atoms. The van der Waals surface area contributed by atoms with E-state index >= 15 is 0 Å². The number of unbranched alkanes of at least 4 members (excludes halogenated alkanes) is 3. The van der Waals surface area contributed by atoms with E-state index in [-0.39, 0.29) is 6.42 Å². The van der Waals surface area contributed by atoms with Crippen molar-refractivity contribution in [1.82, 2.24) is 4.90 Å². The fourth-order valence-electron chi connectivity index (χ4n) is 4.94. The number of amides is 2. The molecule has 1 aromatic rings.